The topological polar surface area (TPSA) is 15.3 Å². The van der Waals surface area contributed by atoms with Gasteiger partial charge in [0.15, 0.2) is 0 Å². The van der Waals surface area contributed by atoms with Gasteiger partial charge in [-0.05, 0) is 29.4 Å². The van der Waals surface area contributed by atoms with Crippen molar-refractivity contribution in [3.63, 3.8) is 0 Å². The van der Waals surface area contributed by atoms with Crippen LogP contribution in [0.25, 0.3) is 0 Å². The fourth-order valence-corrected chi connectivity index (χ4v) is 2.87. The quantitative estimate of drug-likeness (QED) is 0.876. The van der Waals surface area contributed by atoms with Crippen LogP contribution in [0.15, 0.2) is 24.3 Å². The van der Waals surface area contributed by atoms with Crippen LogP contribution in [-0.4, -0.2) is 37.6 Å². The molecular formula is C17H28N2. The van der Waals surface area contributed by atoms with Gasteiger partial charge in [0, 0.05) is 32.7 Å². The van der Waals surface area contributed by atoms with Gasteiger partial charge in [0.25, 0.3) is 0 Å². The molecule has 2 heteroatoms. The lowest BCUT2D eigenvalue weighted by atomic mass is 9.87. The second-order valence-electron chi connectivity index (χ2n) is 6.00. The lowest BCUT2D eigenvalue weighted by Crippen LogP contribution is -2.45. The van der Waals surface area contributed by atoms with E-state index in [-0.39, 0.29) is 0 Å². The molecule has 1 saturated heterocycles. The van der Waals surface area contributed by atoms with Gasteiger partial charge in [0.1, 0.15) is 0 Å². The van der Waals surface area contributed by atoms with Crippen molar-refractivity contribution in [1.29, 1.82) is 0 Å². The minimum atomic E-state index is 0.656. The van der Waals surface area contributed by atoms with E-state index in [0.29, 0.717) is 11.8 Å². The Morgan fingerprint density at radius 2 is 1.74 bits per heavy atom. The van der Waals surface area contributed by atoms with Crippen molar-refractivity contribution in [3.05, 3.63) is 35.4 Å². The Morgan fingerprint density at radius 3 is 2.26 bits per heavy atom. The number of rotatable bonds is 5. The summed E-state index contributed by atoms with van der Waals surface area (Å²) in [6.07, 6.45) is 1.13. The van der Waals surface area contributed by atoms with Gasteiger partial charge in [-0.15, -0.1) is 0 Å². The minimum absolute atomic E-state index is 0.656. The van der Waals surface area contributed by atoms with Crippen molar-refractivity contribution in [2.75, 3.05) is 32.7 Å². The highest BCUT2D eigenvalue weighted by molar-refractivity contribution is 5.26. The maximum atomic E-state index is 3.43. The van der Waals surface area contributed by atoms with Crippen molar-refractivity contribution in [2.24, 2.45) is 5.92 Å². The van der Waals surface area contributed by atoms with Gasteiger partial charge in [-0.1, -0.05) is 45.0 Å². The van der Waals surface area contributed by atoms with E-state index in [0.717, 1.165) is 19.5 Å². The van der Waals surface area contributed by atoms with Crippen LogP contribution < -0.4 is 5.32 Å². The number of piperazine rings is 1. The van der Waals surface area contributed by atoms with Gasteiger partial charge in [-0.3, -0.25) is 0 Å². The molecule has 1 unspecified atom stereocenters. The predicted molar refractivity (Wildman–Crippen MR) is 82.7 cm³/mol. The molecule has 0 aliphatic carbocycles. The maximum absolute atomic E-state index is 3.43. The van der Waals surface area contributed by atoms with Gasteiger partial charge in [0.2, 0.25) is 0 Å². The van der Waals surface area contributed by atoms with Gasteiger partial charge in [0.05, 0.1) is 0 Å². The lowest BCUT2D eigenvalue weighted by molar-refractivity contribution is 0.212. The Bertz CT molecular complexity index is 363. The number of hydrogen-bond donors (Lipinski definition) is 1. The minimum Gasteiger partial charge on any atom is -0.314 e. The van der Waals surface area contributed by atoms with E-state index >= 15 is 0 Å². The molecule has 1 aromatic rings. The van der Waals surface area contributed by atoms with Crippen LogP contribution in [0.4, 0.5) is 0 Å². The molecule has 1 aromatic carbocycles. The Morgan fingerprint density at radius 1 is 1.11 bits per heavy atom. The average molecular weight is 260 g/mol. The first kappa shape index (κ1) is 14.5. The van der Waals surface area contributed by atoms with E-state index < -0.39 is 0 Å². The molecule has 1 N–H and O–H groups in total. The zero-order chi connectivity index (χ0) is 13.7. The molecular weight excluding hydrogens is 232 g/mol. The Labute approximate surface area is 118 Å². The number of hydrogen-bond acceptors (Lipinski definition) is 2. The third-order valence-electron chi connectivity index (χ3n) is 4.29. The number of aryl methyl sites for hydroxylation is 1. The van der Waals surface area contributed by atoms with Crippen LogP contribution in [0.3, 0.4) is 0 Å². The molecule has 19 heavy (non-hydrogen) atoms. The molecule has 0 aromatic heterocycles. The average Bonchev–Trinajstić information content (AvgIpc) is 2.46. The molecule has 0 bridgehead atoms. The fraction of sp³-hybridized carbons (Fsp3) is 0.647. The molecule has 1 heterocycles. The Hall–Kier alpha value is -0.860. The van der Waals surface area contributed by atoms with E-state index in [1.54, 1.807) is 0 Å². The standard InChI is InChI=1S/C17H28N2/c1-4-15-5-7-16(8-6-15)17(14(2)3)13-19-11-9-18-10-12-19/h5-8,14,17-18H,4,9-13H2,1-3H3. The molecule has 1 atom stereocenters. The Balaban J connectivity index is 2.05. The molecule has 0 saturated carbocycles. The number of nitrogens with one attached hydrogen (secondary N) is 1. The SMILES string of the molecule is CCc1ccc(C(CN2CCNCC2)C(C)C)cc1. The van der Waals surface area contributed by atoms with Crippen molar-refractivity contribution >= 4 is 0 Å². The first-order valence-electron chi connectivity index (χ1n) is 7.72. The molecule has 2 nitrogen and oxygen atoms in total. The van der Waals surface area contributed by atoms with Crippen LogP contribution in [-0.2, 0) is 6.42 Å². The normalized spacial score (nSPS) is 18.7. The van der Waals surface area contributed by atoms with Crippen LogP contribution in [0.1, 0.15) is 37.8 Å². The molecule has 0 spiro atoms. The summed E-state index contributed by atoms with van der Waals surface area (Å²) in [5, 5.41) is 3.43. The molecule has 1 aliphatic heterocycles. The zero-order valence-electron chi connectivity index (χ0n) is 12.7. The van der Waals surface area contributed by atoms with E-state index in [1.807, 2.05) is 0 Å². The molecule has 106 valence electrons. The van der Waals surface area contributed by atoms with Crippen molar-refractivity contribution in [2.45, 2.75) is 33.1 Å². The van der Waals surface area contributed by atoms with E-state index in [2.05, 4.69) is 55.3 Å². The second kappa shape index (κ2) is 7.06. The van der Waals surface area contributed by atoms with E-state index in [9.17, 15) is 0 Å². The number of benzene rings is 1. The summed E-state index contributed by atoms with van der Waals surface area (Å²) in [6.45, 7) is 12.8. The highest BCUT2D eigenvalue weighted by Gasteiger charge is 2.20. The van der Waals surface area contributed by atoms with Crippen LogP contribution in [0, 0.1) is 5.92 Å². The molecule has 1 aliphatic rings. The summed E-state index contributed by atoms with van der Waals surface area (Å²) in [5.74, 6) is 1.35. The van der Waals surface area contributed by atoms with Crippen LogP contribution in [0.2, 0.25) is 0 Å². The van der Waals surface area contributed by atoms with E-state index in [1.165, 1.54) is 30.8 Å². The van der Waals surface area contributed by atoms with Crippen LogP contribution >= 0.6 is 0 Å². The summed E-state index contributed by atoms with van der Waals surface area (Å²) in [4.78, 5) is 2.61. The third kappa shape index (κ3) is 4.05. The van der Waals surface area contributed by atoms with Crippen molar-refractivity contribution in [1.82, 2.24) is 10.2 Å². The van der Waals surface area contributed by atoms with E-state index in [4.69, 9.17) is 0 Å². The lowest BCUT2D eigenvalue weighted by Gasteiger charge is -2.33. The third-order valence-corrected chi connectivity index (χ3v) is 4.29. The summed E-state index contributed by atoms with van der Waals surface area (Å²) in [7, 11) is 0. The molecule has 0 amide bonds. The van der Waals surface area contributed by atoms with Gasteiger partial charge in [-0.2, -0.15) is 0 Å². The largest absolute Gasteiger partial charge is 0.314 e. The second-order valence-corrected chi connectivity index (χ2v) is 6.00. The highest BCUT2D eigenvalue weighted by Crippen LogP contribution is 2.26. The van der Waals surface area contributed by atoms with Gasteiger partial charge >= 0.3 is 0 Å². The zero-order valence-corrected chi connectivity index (χ0v) is 12.7. The first-order valence-corrected chi connectivity index (χ1v) is 7.72. The van der Waals surface area contributed by atoms with Gasteiger partial charge < -0.3 is 10.2 Å². The fourth-order valence-electron chi connectivity index (χ4n) is 2.87. The smallest absolute Gasteiger partial charge is 0.0108 e. The first-order chi connectivity index (χ1) is 9.20. The molecule has 2 rings (SSSR count). The summed E-state index contributed by atoms with van der Waals surface area (Å²) < 4.78 is 0. The monoisotopic (exact) mass is 260 g/mol. The summed E-state index contributed by atoms with van der Waals surface area (Å²) in [6, 6.07) is 9.27. The number of nitrogens with zero attached hydrogens (tertiary/aromatic N) is 1. The summed E-state index contributed by atoms with van der Waals surface area (Å²) >= 11 is 0. The maximum Gasteiger partial charge on any atom is 0.0108 e. The molecule has 1 fully saturated rings. The van der Waals surface area contributed by atoms with Gasteiger partial charge in [-0.25, -0.2) is 0 Å². The summed E-state index contributed by atoms with van der Waals surface area (Å²) in [5.41, 5.74) is 2.94. The predicted octanol–water partition coefficient (Wildman–Crippen LogP) is 2.89. The highest BCUT2D eigenvalue weighted by atomic mass is 15.2. The van der Waals surface area contributed by atoms with Crippen molar-refractivity contribution in [3.8, 4) is 0 Å². The molecule has 0 radical (unpaired) electrons. The van der Waals surface area contributed by atoms with Crippen LogP contribution in [0.5, 0.6) is 0 Å². The van der Waals surface area contributed by atoms with Crippen molar-refractivity contribution < 1.29 is 0 Å². The Kier molecular flexibility index (Phi) is 5.41.